The van der Waals surface area contributed by atoms with Gasteiger partial charge in [-0.05, 0) is 92.6 Å². The normalized spacial score (nSPS) is 20.0. The lowest BCUT2D eigenvalue weighted by atomic mass is 9.81. The second kappa shape index (κ2) is 16.5. The standard InChI is InChI=1S/C36H43ClN2O12S4/c1-35(2)28-22-26(52-51-50-40)12-14-30(28)38(18-6-20-53(41,42)43)32(35)16-10-24-8-5-9-25(34(24)37)11-17-33-36(3,4)29-23-27(55(47,48)49)13-15-31(29)39(33)19-7-21-54(44,45)46/h10-17,22-23H,5-9,18-21H2,1-4H3,(H3-,40,41,42,43,44,45,46,47,48,49)/p-1. The molecule has 19 heteroatoms. The van der Waals surface area contributed by atoms with Gasteiger partial charge in [-0.25, -0.2) is 22.1 Å². The molecule has 0 saturated carbocycles. The number of hydrogen-bond acceptors (Lipinski definition) is 13. The van der Waals surface area contributed by atoms with Crippen molar-refractivity contribution in [3.8, 4) is 0 Å². The first-order valence-electron chi connectivity index (χ1n) is 17.2. The Bertz CT molecular complexity index is 2350. The molecular formula is C36H42ClN2O12S4-. The van der Waals surface area contributed by atoms with E-state index in [1.54, 1.807) is 6.07 Å². The van der Waals surface area contributed by atoms with Crippen LogP contribution < -0.4 is 4.90 Å². The van der Waals surface area contributed by atoms with E-state index >= 15 is 0 Å². The van der Waals surface area contributed by atoms with Gasteiger partial charge in [0.15, 0.2) is 5.71 Å². The van der Waals surface area contributed by atoms with E-state index in [-0.39, 0.29) is 30.8 Å². The number of fused-ring (bicyclic) bond motifs is 2. The lowest BCUT2D eigenvalue weighted by Gasteiger charge is -2.27. The molecule has 2 heterocycles. The highest BCUT2D eigenvalue weighted by Crippen LogP contribution is 2.49. The van der Waals surface area contributed by atoms with E-state index in [2.05, 4.69) is 9.37 Å². The first-order valence-corrected chi connectivity index (χ1v) is 23.0. The number of halogens is 1. The Hall–Kier alpha value is -2.88. The van der Waals surface area contributed by atoms with Crippen molar-refractivity contribution in [2.45, 2.75) is 80.4 Å². The van der Waals surface area contributed by atoms with Crippen LogP contribution in [0.5, 0.6) is 0 Å². The van der Waals surface area contributed by atoms with Gasteiger partial charge in [0, 0.05) is 63.2 Å². The molecule has 2 aliphatic heterocycles. The molecule has 5 rings (SSSR count). The van der Waals surface area contributed by atoms with Gasteiger partial charge in [0.05, 0.1) is 38.2 Å². The predicted molar refractivity (Wildman–Crippen MR) is 207 cm³/mol. The second-order valence-corrected chi connectivity index (χ2v) is 20.1. The Labute approximate surface area is 331 Å². The summed E-state index contributed by atoms with van der Waals surface area (Å²) < 4.78 is 109. The van der Waals surface area contributed by atoms with Gasteiger partial charge in [-0.15, -0.1) is 4.33 Å². The molecule has 2 aromatic carbocycles. The number of hydrogen-bond donors (Lipinski definition) is 2. The number of nitrogens with zero attached hydrogens (tertiary/aromatic N) is 2. The molecule has 55 heavy (non-hydrogen) atoms. The van der Waals surface area contributed by atoms with Crippen LogP contribution in [0.15, 0.2) is 92.4 Å². The minimum atomic E-state index is -4.75. The molecule has 0 radical (unpaired) electrons. The Morgan fingerprint density at radius 3 is 2.31 bits per heavy atom. The summed E-state index contributed by atoms with van der Waals surface area (Å²) in [5.41, 5.74) is 4.76. The van der Waals surface area contributed by atoms with Crippen LogP contribution in [-0.2, 0) is 50.6 Å². The molecule has 0 atom stereocenters. The van der Waals surface area contributed by atoms with E-state index in [0.717, 1.165) is 46.6 Å². The van der Waals surface area contributed by atoms with Crippen LogP contribution in [0.4, 0.5) is 11.4 Å². The van der Waals surface area contributed by atoms with Crippen LogP contribution in [0.1, 0.15) is 70.9 Å². The van der Waals surface area contributed by atoms with Crippen molar-refractivity contribution >= 4 is 71.1 Å². The molecule has 2 N–H and O–H groups in total. The highest BCUT2D eigenvalue weighted by atomic mass is 35.5. The Kier molecular flexibility index (Phi) is 13.0. The Morgan fingerprint density at radius 1 is 0.927 bits per heavy atom. The van der Waals surface area contributed by atoms with Crippen molar-refractivity contribution in [2.75, 3.05) is 29.5 Å². The molecule has 14 nitrogen and oxygen atoms in total. The van der Waals surface area contributed by atoms with E-state index in [1.165, 1.54) is 18.2 Å². The minimum Gasteiger partial charge on any atom is -0.748 e. The second-order valence-electron chi connectivity index (χ2n) is 14.5. The summed E-state index contributed by atoms with van der Waals surface area (Å²) in [6.07, 6.45) is 9.89. The van der Waals surface area contributed by atoms with Gasteiger partial charge in [-0.2, -0.15) is 13.0 Å². The molecule has 2 aromatic rings. The van der Waals surface area contributed by atoms with Crippen LogP contribution >= 0.6 is 23.6 Å². The molecule has 0 amide bonds. The minimum absolute atomic E-state index is 0.0766. The van der Waals surface area contributed by atoms with E-state index < -0.39 is 52.7 Å². The van der Waals surface area contributed by atoms with E-state index in [9.17, 15) is 38.9 Å². The average Bonchev–Trinajstić information content (AvgIpc) is 3.42. The summed E-state index contributed by atoms with van der Waals surface area (Å²) in [7, 11) is -13.4. The van der Waals surface area contributed by atoms with Crippen molar-refractivity contribution < 1.29 is 58.1 Å². The molecule has 0 unspecified atom stereocenters. The summed E-state index contributed by atoms with van der Waals surface area (Å²) in [4.78, 5) is 2.13. The summed E-state index contributed by atoms with van der Waals surface area (Å²) >= 11 is 7.88. The highest BCUT2D eigenvalue weighted by molar-refractivity contribution is 7.94. The van der Waals surface area contributed by atoms with Crippen LogP contribution in [0.25, 0.3) is 0 Å². The van der Waals surface area contributed by atoms with Gasteiger partial charge < -0.3 is 14.0 Å². The maximum atomic E-state index is 11.9. The molecule has 300 valence electrons. The van der Waals surface area contributed by atoms with Crippen LogP contribution in [0, 0.1) is 0 Å². The SMILES string of the molecule is CC1(C)C(/C=C/C2=C(Cl)C(=C/C=C3\N(CCCS(=O)(=O)O)c4ccc(S(=O)(=O)[O-])cc4C3(C)C)/CCC2)=[N+](CCCS(=O)(=O)[O-])c2ccc(SOOO)cc21. The zero-order chi connectivity index (χ0) is 40.6. The third-order valence-corrected chi connectivity index (χ3v) is 13.6. The van der Waals surface area contributed by atoms with E-state index in [1.807, 2.05) is 73.6 Å². The maximum Gasteiger partial charge on any atom is 0.264 e. The fraction of sp³-hybridized carbons (Fsp3) is 0.417. The van der Waals surface area contributed by atoms with E-state index in [4.69, 9.17) is 16.9 Å². The smallest absolute Gasteiger partial charge is 0.264 e. The highest BCUT2D eigenvalue weighted by Gasteiger charge is 2.45. The zero-order valence-electron chi connectivity index (χ0n) is 30.5. The van der Waals surface area contributed by atoms with Crippen molar-refractivity contribution in [3.63, 3.8) is 0 Å². The largest absolute Gasteiger partial charge is 0.748 e. The zero-order valence-corrected chi connectivity index (χ0v) is 34.5. The van der Waals surface area contributed by atoms with Crippen molar-refractivity contribution in [2.24, 2.45) is 0 Å². The summed E-state index contributed by atoms with van der Waals surface area (Å²) in [5, 5.41) is 12.9. The molecular weight excluding hydrogens is 816 g/mol. The molecule has 0 aromatic heterocycles. The Balaban J connectivity index is 1.52. The topological polar surface area (TPSA) is 214 Å². The monoisotopic (exact) mass is 857 g/mol. The van der Waals surface area contributed by atoms with Crippen LogP contribution in [0.3, 0.4) is 0 Å². The van der Waals surface area contributed by atoms with Crippen LogP contribution in [0.2, 0.25) is 0 Å². The van der Waals surface area contributed by atoms with Crippen molar-refractivity contribution in [3.05, 3.63) is 93.7 Å². The molecule has 0 saturated heterocycles. The van der Waals surface area contributed by atoms with Crippen LogP contribution in [-0.4, -0.2) is 79.1 Å². The quantitative estimate of drug-likeness (QED) is 0.0648. The maximum absolute atomic E-state index is 11.9. The first kappa shape index (κ1) is 43.2. The lowest BCUT2D eigenvalue weighted by Crippen LogP contribution is -2.28. The third-order valence-electron chi connectivity index (χ3n) is 10.1. The molecule has 3 aliphatic rings. The summed E-state index contributed by atoms with van der Waals surface area (Å²) in [6.45, 7) is 8.22. The fourth-order valence-electron chi connectivity index (χ4n) is 7.42. The first-order chi connectivity index (χ1) is 25.5. The third kappa shape index (κ3) is 9.99. The van der Waals surface area contributed by atoms with E-state index in [0.29, 0.717) is 39.7 Å². The number of anilines is 1. The number of allylic oxidation sites excluding steroid dienone is 8. The Morgan fingerprint density at radius 2 is 1.65 bits per heavy atom. The van der Waals surface area contributed by atoms with Crippen molar-refractivity contribution in [1.82, 2.24) is 0 Å². The molecule has 1 aliphatic carbocycles. The van der Waals surface area contributed by atoms with Gasteiger partial charge in [0.25, 0.3) is 10.1 Å². The molecule has 0 fully saturated rings. The molecule has 0 bridgehead atoms. The van der Waals surface area contributed by atoms with Gasteiger partial charge in [-0.3, -0.25) is 4.55 Å². The van der Waals surface area contributed by atoms with Gasteiger partial charge in [-0.1, -0.05) is 42.6 Å². The summed E-state index contributed by atoms with van der Waals surface area (Å²) in [5.74, 6) is -1.00. The number of rotatable bonds is 15. The fourth-order valence-corrected chi connectivity index (χ4v) is 9.61. The van der Waals surface area contributed by atoms with Gasteiger partial charge >= 0.3 is 0 Å². The number of benzene rings is 2. The van der Waals surface area contributed by atoms with Crippen molar-refractivity contribution in [1.29, 1.82) is 0 Å². The van der Waals surface area contributed by atoms with Gasteiger partial charge in [0.2, 0.25) is 5.69 Å². The average molecular weight is 858 g/mol. The molecule has 0 spiro atoms. The lowest BCUT2D eigenvalue weighted by molar-refractivity contribution is -0.437. The summed E-state index contributed by atoms with van der Waals surface area (Å²) in [6, 6.07) is 9.59. The van der Waals surface area contributed by atoms with Gasteiger partial charge in [0.1, 0.15) is 16.7 Å². The predicted octanol–water partition coefficient (Wildman–Crippen LogP) is 6.45.